The first-order chi connectivity index (χ1) is 21.5. The van der Waals surface area contributed by atoms with Crippen LogP contribution in [0.25, 0.3) is 6.08 Å². The molecule has 45 heavy (non-hydrogen) atoms. The summed E-state index contributed by atoms with van der Waals surface area (Å²) >= 11 is 0. The molecule has 3 rings (SSSR count). The number of primary amides is 1. The van der Waals surface area contributed by atoms with Crippen molar-refractivity contribution < 1.29 is 33.0 Å². The van der Waals surface area contributed by atoms with Gasteiger partial charge in [-0.3, -0.25) is 23.7 Å². The van der Waals surface area contributed by atoms with Crippen LogP contribution in [0, 0.1) is 5.82 Å². The highest BCUT2D eigenvalue weighted by atomic mass is 31.2. The van der Waals surface area contributed by atoms with Gasteiger partial charge in [-0.05, 0) is 42.2 Å². The summed E-state index contributed by atoms with van der Waals surface area (Å²) in [7, 11) is -4.52. The highest BCUT2D eigenvalue weighted by molar-refractivity contribution is 7.59. The van der Waals surface area contributed by atoms with Crippen LogP contribution >= 0.6 is 7.37 Å². The van der Waals surface area contributed by atoms with Gasteiger partial charge in [0.05, 0.1) is 0 Å². The van der Waals surface area contributed by atoms with Gasteiger partial charge in [0.1, 0.15) is 29.8 Å². The van der Waals surface area contributed by atoms with Gasteiger partial charge in [0.2, 0.25) is 25.1 Å². The number of amides is 4. The standard InChI is InChI=1S/C33H38FN4O6P/c1-2-3-19-28(32(42)37-27(30(35)40)20-10-14-23-12-6-4-7-13-23)36-29(39)22-45(43,44)33(24-15-8-5-9-16-24)38-31(41)25-17-11-18-26(34)21-25/h4-18,21,27-28,33H,2-3,19-20,22H2,1H3,(H2,35,40)(H,36,39)(H,37,42)(H,38,41)(H,43,44)/b14-10+/t27-,28-,33?/m0/s1. The molecule has 4 amide bonds. The Kier molecular flexibility index (Phi) is 13.2. The highest BCUT2D eigenvalue weighted by Gasteiger charge is 2.37. The van der Waals surface area contributed by atoms with Crippen molar-refractivity contribution in [3.8, 4) is 0 Å². The van der Waals surface area contributed by atoms with E-state index in [4.69, 9.17) is 5.73 Å². The second-order valence-electron chi connectivity index (χ2n) is 10.5. The number of unbranched alkanes of at least 4 members (excludes halogenated alkanes) is 1. The molecular formula is C33H38FN4O6P. The lowest BCUT2D eigenvalue weighted by molar-refractivity contribution is -0.130. The highest BCUT2D eigenvalue weighted by Crippen LogP contribution is 2.53. The van der Waals surface area contributed by atoms with Gasteiger partial charge in [-0.2, -0.15) is 0 Å². The molecule has 10 nitrogen and oxygen atoms in total. The molecule has 3 aromatic rings. The van der Waals surface area contributed by atoms with E-state index in [0.29, 0.717) is 12.8 Å². The maximum Gasteiger partial charge on any atom is 0.252 e. The average Bonchev–Trinajstić information content (AvgIpc) is 3.01. The molecule has 0 fully saturated rings. The Bertz CT molecular complexity index is 1540. The third kappa shape index (κ3) is 11.1. The third-order valence-electron chi connectivity index (χ3n) is 6.88. The number of rotatable bonds is 16. The molecule has 0 spiro atoms. The summed E-state index contributed by atoms with van der Waals surface area (Å²) in [4.78, 5) is 62.5. The summed E-state index contributed by atoms with van der Waals surface area (Å²) < 4.78 is 27.4. The summed E-state index contributed by atoms with van der Waals surface area (Å²) in [5.74, 6) is -5.30. The zero-order valence-electron chi connectivity index (χ0n) is 24.9. The van der Waals surface area contributed by atoms with E-state index in [1.54, 1.807) is 30.4 Å². The van der Waals surface area contributed by atoms with Gasteiger partial charge in [0.15, 0.2) is 0 Å². The van der Waals surface area contributed by atoms with E-state index in [-0.39, 0.29) is 24.0 Å². The zero-order chi connectivity index (χ0) is 32.8. The molecule has 0 saturated heterocycles. The largest absolute Gasteiger partial charge is 0.368 e. The lowest BCUT2D eigenvalue weighted by Gasteiger charge is -2.26. The van der Waals surface area contributed by atoms with Crippen LogP contribution in [0.15, 0.2) is 91.0 Å². The number of hydrogen-bond donors (Lipinski definition) is 5. The van der Waals surface area contributed by atoms with E-state index in [1.165, 1.54) is 24.3 Å². The van der Waals surface area contributed by atoms with Crippen LogP contribution < -0.4 is 21.7 Å². The molecule has 4 atom stereocenters. The van der Waals surface area contributed by atoms with E-state index in [2.05, 4.69) is 16.0 Å². The Hall–Kier alpha value is -4.60. The van der Waals surface area contributed by atoms with Crippen LogP contribution in [0.4, 0.5) is 4.39 Å². The summed E-state index contributed by atoms with van der Waals surface area (Å²) in [5, 5.41) is 7.56. The number of benzene rings is 3. The smallest absolute Gasteiger partial charge is 0.252 e. The zero-order valence-corrected chi connectivity index (χ0v) is 25.8. The van der Waals surface area contributed by atoms with Crippen molar-refractivity contribution in [2.45, 2.75) is 50.5 Å². The molecule has 6 N–H and O–H groups in total. The Balaban J connectivity index is 1.73. The summed E-state index contributed by atoms with van der Waals surface area (Å²) in [6.07, 6.45) is 4.11. The number of nitrogens with one attached hydrogen (secondary N) is 3. The van der Waals surface area contributed by atoms with Crippen LogP contribution in [0.2, 0.25) is 0 Å². The number of carbonyl (C=O) groups excluding carboxylic acids is 4. The molecule has 0 radical (unpaired) electrons. The van der Waals surface area contributed by atoms with Gasteiger partial charge in [0, 0.05) is 5.56 Å². The first kappa shape index (κ1) is 34.9. The van der Waals surface area contributed by atoms with Gasteiger partial charge >= 0.3 is 0 Å². The van der Waals surface area contributed by atoms with Gasteiger partial charge in [-0.1, -0.05) is 98.6 Å². The molecule has 0 saturated carbocycles. The molecule has 0 aromatic heterocycles. The predicted octanol–water partition coefficient (Wildman–Crippen LogP) is 4.27. The van der Waals surface area contributed by atoms with E-state index < -0.39 is 60.8 Å². The van der Waals surface area contributed by atoms with Gasteiger partial charge < -0.3 is 26.6 Å². The van der Waals surface area contributed by atoms with Crippen LogP contribution in [-0.4, -0.2) is 46.8 Å². The lowest BCUT2D eigenvalue weighted by atomic mass is 10.1. The normalized spacial score (nSPS) is 14.5. The fourth-order valence-corrected chi connectivity index (χ4v) is 6.17. The molecule has 12 heteroatoms. The average molecular weight is 637 g/mol. The van der Waals surface area contributed by atoms with E-state index in [1.807, 2.05) is 37.3 Å². The number of halogens is 1. The molecule has 0 bridgehead atoms. The predicted molar refractivity (Wildman–Crippen MR) is 170 cm³/mol. The van der Waals surface area contributed by atoms with Gasteiger partial charge in [-0.25, -0.2) is 4.39 Å². The first-order valence-corrected chi connectivity index (χ1v) is 16.4. The summed E-state index contributed by atoms with van der Waals surface area (Å²) in [6, 6.07) is 19.9. The third-order valence-corrected chi connectivity index (χ3v) is 8.86. The SMILES string of the molecule is CCCC[C@H](NC(=O)CP(=O)(O)C(NC(=O)c1cccc(F)c1)c1ccccc1)C(=O)N[C@@H](C/C=C/c1ccccc1)C(N)=O. The fourth-order valence-electron chi connectivity index (χ4n) is 4.53. The van der Waals surface area contributed by atoms with Crippen LogP contribution in [-0.2, 0) is 18.9 Å². The quantitative estimate of drug-likeness (QED) is 0.147. The monoisotopic (exact) mass is 636 g/mol. The minimum atomic E-state index is -4.52. The van der Waals surface area contributed by atoms with Crippen molar-refractivity contribution in [2.75, 3.05) is 6.16 Å². The number of hydrogen-bond acceptors (Lipinski definition) is 5. The minimum absolute atomic E-state index is 0.0701. The fraction of sp³-hybridized carbons (Fsp3) is 0.273. The van der Waals surface area contributed by atoms with Crippen molar-refractivity contribution >= 4 is 37.1 Å². The van der Waals surface area contributed by atoms with Crippen molar-refractivity contribution in [3.63, 3.8) is 0 Å². The van der Waals surface area contributed by atoms with Crippen molar-refractivity contribution in [1.82, 2.24) is 16.0 Å². The molecule has 0 heterocycles. The molecule has 238 valence electrons. The van der Waals surface area contributed by atoms with E-state index in [9.17, 15) is 33.0 Å². The molecule has 0 aliphatic carbocycles. The van der Waals surface area contributed by atoms with E-state index >= 15 is 0 Å². The summed E-state index contributed by atoms with van der Waals surface area (Å²) in [5.41, 5.74) is 6.61. The molecule has 0 aliphatic rings. The second-order valence-corrected chi connectivity index (χ2v) is 12.8. The molecular weight excluding hydrogens is 598 g/mol. The second kappa shape index (κ2) is 17.0. The molecule has 0 aliphatic heterocycles. The number of carbonyl (C=O) groups is 4. The van der Waals surface area contributed by atoms with Crippen LogP contribution in [0.3, 0.4) is 0 Å². The Morgan fingerprint density at radius 1 is 0.911 bits per heavy atom. The van der Waals surface area contributed by atoms with Crippen LogP contribution in [0.1, 0.15) is 59.9 Å². The molecule has 3 aromatic carbocycles. The van der Waals surface area contributed by atoms with Crippen molar-refractivity contribution in [2.24, 2.45) is 5.73 Å². The lowest BCUT2D eigenvalue weighted by Crippen LogP contribution is -2.53. The van der Waals surface area contributed by atoms with Crippen molar-refractivity contribution in [1.29, 1.82) is 0 Å². The Morgan fingerprint density at radius 2 is 1.58 bits per heavy atom. The maximum atomic E-state index is 13.7. The van der Waals surface area contributed by atoms with Gasteiger partial charge in [0.25, 0.3) is 5.91 Å². The topological polar surface area (TPSA) is 168 Å². The minimum Gasteiger partial charge on any atom is -0.368 e. The van der Waals surface area contributed by atoms with E-state index in [0.717, 1.165) is 17.7 Å². The molecule has 2 unspecified atom stereocenters. The Labute approximate surface area is 261 Å². The number of nitrogens with two attached hydrogens (primary N) is 1. The van der Waals surface area contributed by atoms with Crippen molar-refractivity contribution in [3.05, 3.63) is 114 Å². The van der Waals surface area contributed by atoms with Crippen LogP contribution in [0.5, 0.6) is 0 Å². The van der Waals surface area contributed by atoms with Gasteiger partial charge in [-0.15, -0.1) is 0 Å². The maximum absolute atomic E-state index is 13.7. The summed E-state index contributed by atoms with van der Waals surface area (Å²) in [6.45, 7) is 1.89. The Morgan fingerprint density at radius 3 is 2.20 bits per heavy atom. The first-order valence-electron chi connectivity index (χ1n) is 14.5.